The van der Waals surface area contributed by atoms with Crippen LogP contribution in [-0.4, -0.2) is 41.9 Å². The van der Waals surface area contributed by atoms with E-state index in [1.54, 1.807) is 17.9 Å². The number of halogens is 3. The van der Waals surface area contributed by atoms with E-state index in [1.807, 2.05) is 20.8 Å². The number of dihydropyridines is 1. The number of nitrogens with zero attached hydrogens (tertiary/aromatic N) is 1. The Kier molecular flexibility index (Phi) is 5.20. The molecule has 0 aromatic rings. The zero-order valence-corrected chi connectivity index (χ0v) is 14.5. The van der Waals surface area contributed by atoms with E-state index in [1.165, 1.54) is 6.08 Å². The van der Waals surface area contributed by atoms with Gasteiger partial charge in [-0.05, 0) is 58.1 Å². The number of likely N-dealkylation sites (tertiary alicyclic amines) is 1. The number of alkyl halides is 3. The summed E-state index contributed by atoms with van der Waals surface area (Å²) >= 11 is 0. The molecule has 2 rings (SSSR count). The lowest BCUT2D eigenvalue weighted by Crippen LogP contribution is -2.41. The predicted octanol–water partition coefficient (Wildman–Crippen LogP) is 4.00. The lowest BCUT2D eigenvalue weighted by Gasteiger charge is -2.26. The highest BCUT2D eigenvalue weighted by Crippen LogP contribution is 2.30. The van der Waals surface area contributed by atoms with Crippen LogP contribution in [0.15, 0.2) is 23.4 Å². The molecule has 0 aromatic heterocycles. The monoisotopic (exact) mass is 346 g/mol. The average Bonchev–Trinajstić information content (AvgIpc) is 2.83. The topological polar surface area (TPSA) is 41.6 Å². The molecule has 0 radical (unpaired) electrons. The maximum absolute atomic E-state index is 12.9. The van der Waals surface area contributed by atoms with Crippen LogP contribution in [0.1, 0.15) is 40.5 Å². The van der Waals surface area contributed by atoms with E-state index in [-0.39, 0.29) is 12.0 Å². The Bertz CT molecular complexity index is 547. The maximum Gasteiger partial charge on any atom is 0.412 e. The molecule has 2 atom stereocenters. The zero-order chi connectivity index (χ0) is 18.1. The van der Waals surface area contributed by atoms with Gasteiger partial charge in [0.25, 0.3) is 0 Å². The Morgan fingerprint density at radius 1 is 1.38 bits per heavy atom. The third kappa shape index (κ3) is 5.18. The van der Waals surface area contributed by atoms with Gasteiger partial charge in [-0.3, -0.25) is 0 Å². The summed E-state index contributed by atoms with van der Waals surface area (Å²) in [6, 6.07) is -1.64. The van der Waals surface area contributed by atoms with Crippen molar-refractivity contribution in [2.45, 2.75) is 58.4 Å². The number of carbonyl (C=O) groups is 1. The number of ether oxygens (including phenoxy) is 1. The summed E-state index contributed by atoms with van der Waals surface area (Å²) in [4.78, 5) is 13.7. The second kappa shape index (κ2) is 6.69. The summed E-state index contributed by atoms with van der Waals surface area (Å²) in [6.45, 7) is 8.16. The molecule has 24 heavy (non-hydrogen) atoms. The van der Waals surface area contributed by atoms with Crippen molar-refractivity contribution in [2.24, 2.45) is 5.92 Å². The van der Waals surface area contributed by atoms with Crippen molar-refractivity contribution in [3.05, 3.63) is 23.4 Å². The molecule has 2 aliphatic rings. The molecule has 1 saturated heterocycles. The van der Waals surface area contributed by atoms with Crippen molar-refractivity contribution in [3.8, 4) is 0 Å². The first-order chi connectivity index (χ1) is 10.9. The van der Waals surface area contributed by atoms with Gasteiger partial charge in [0, 0.05) is 18.8 Å². The lowest BCUT2D eigenvalue weighted by molar-refractivity contribution is -0.143. The highest BCUT2D eigenvalue weighted by Gasteiger charge is 2.39. The van der Waals surface area contributed by atoms with E-state index in [2.05, 4.69) is 5.32 Å². The Hall–Kier alpha value is -1.66. The number of carbonyl (C=O) groups excluding carboxylic acids is 1. The third-order valence-electron chi connectivity index (χ3n) is 3.98. The highest BCUT2D eigenvalue weighted by atomic mass is 19.4. The van der Waals surface area contributed by atoms with Gasteiger partial charge in [0.15, 0.2) is 0 Å². The fourth-order valence-corrected chi connectivity index (χ4v) is 3.00. The first-order valence-electron chi connectivity index (χ1n) is 8.14. The molecule has 136 valence electrons. The molecule has 0 aliphatic carbocycles. The van der Waals surface area contributed by atoms with Crippen LogP contribution in [-0.2, 0) is 4.74 Å². The van der Waals surface area contributed by atoms with E-state index >= 15 is 0 Å². The average molecular weight is 346 g/mol. The largest absolute Gasteiger partial charge is 0.444 e. The molecular weight excluding hydrogens is 321 g/mol. The van der Waals surface area contributed by atoms with Crippen LogP contribution >= 0.6 is 0 Å². The van der Waals surface area contributed by atoms with Gasteiger partial charge in [0.2, 0.25) is 0 Å². The molecular formula is C17H25F3N2O2. The van der Waals surface area contributed by atoms with Gasteiger partial charge in [0.05, 0.1) is 0 Å². The van der Waals surface area contributed by atoms with Gasteiger partial charge < -0.3 is 15.0 Å². The van der Waals surface area contributed by atoms with Gasteiger partial charge in [0.1, 0.15) is 11.6 Å². The van der Waals surface area contributed by atoms with Gasteiger partial charge in [-0.2, -0.15) is 13.2 Å². The quantitative estimate of drug-likeness (QED) is 0.822. The summed E-state index contributed by atoms with van der Waals surface area (Å²) < 4.78 is 44.1. The molecule has 1 fully saturated rings. The van der Waals surface area contributed by atoms with Crippen LogP contribution in [0.2, 0.25) is 0 Å². The molecule has 1 amide bonds. The molecule has 1 N–H and O–H groups in total. The Morgan fingerprint density at radius 2 is 2.04 bits per heavy atom. The van der Waals surface area contributed by atoms with E-state index in [4.69, 9.17) is 4.74 Å². The first-order valence-corrected chi connectivity index (χ1v) is 8.14. The smallest absolute Gasteiger partial charge is 0.412 e. The summed E-state index contributed by atoms with van der Waals surface area (Å²) in [5.74, 6) is 0.153. The predicted molar refractivity (Wildman–Crippen MR) is 85.3 cm³/mol. The van der Waals surface area contributed by atoms with Crippen molar-refractivity contribution in [1.82, 2.24) is 10.2 Å². The Balaban J connectivity index is 1.95. The van der Waals surface area contributed by atoms with Crippen molar-refractivity contribution in [1.29, 1.82) is 0 Å². The minimum atomic E-state index is -4.31. The van der Waals surface area contributed by atoms with Crippen LogP contribution in [0.25, 0.3) is 0 Å². The first kappa shape index (κ1) is 18.7. The van der Waals surface area contributed by atoms with Crippen LogP contribution in [0.4, 0.5) is 18.0 Å². The van der Waals surface area contributed by atoms with Crippen LogP contribution < -0.4 is 5.32 Å². The van der Waals surface area contributed by atoms with Crippen LogP contribution in [0, 0.1) is 5.92 Å². The molecule has 0 saturated carbocycles. The second-order valence-electron chi connectivity index (χ2n) is 7.52. The van der Waals surface area contributed by atoms with Gasteiger partial charge in [-0.15, -0.1) is 0 Å². The fraction of sp³-hybridized carbons (Fsp3) is 0.706. The summed E-state index contributed by atoms with van der Waals surface area (Å²) in [6.07, 6.45) is -0.372. The van der Waals surface area contributed by atoms with Crippen molar-refractivity contribution in [2.75, 3.05) is 13.1 Å². The summed E-state index contributed by atoms with van der Waals surface area (Å²) in [5, 5.41) is 2.44. The van der Waals surface area contributed by atoms with Crippen LogP contribution in [0.5, 0.6) is 0 Å². The molecule has 2 heterocycles. The Labute approximate surface area is 140 Å². The summed E-state index contributed by atoms with van der Waals surface area (Å²) in [7, 11) is 0. The normalized spacial score (nSPS) is 25.0. The maximum atomic E-state index is 12.9. The molecule has 0 bridgehead atoms. The summed E-state index contributed by atoms with van der Waals surface area (Å²) in [5.41, 5.74) is 0.633. The minimum absolute atomic E-state index is 0.153. The lowest BCUT2D eigenvalue weighted by atomic mass is 9.94. The SMILES string of the molecule is CC1=CC(CC2CCN(C(=O)OC(C)(C)C)C2)=CC(C(F)(F)F)N1. The standard InChI is InChI=1S/C17H25F3N2O2/c1-11-7-13(9-14(21-11)17(18,19)20)8-12-5-6-22(10-12)15(23)24-16(2,3)4/h7,9,12,14,21H,5-6,8,10H2,1-4H3. The van der Waals surface area contributed by atoms with Gasteiger partial charge >= 0.3 is 12.3 Å². The third-order valence-corrected chi connectivity index (χ3v) is 3.98. The van der Waals surface area contributed by atoms with Crippen molar-refractivity contribution in [3.63, 3.8) is 0 Å². The molecule has 2 aliphatic heterocycles. The fourth-order valence-electron chi connectivity index (χ4n) is 3.00. The van der Waals surface area contributed by atoms with E-state index in [0.717, 1.165) is 6.42 Å². The highest BCUT2D eigenvalue weighted by molar-refractivity contribution is 5.68. The number of amides is 1. The molecule has 2 unspecified atom stereocenters. The second-order valence-corrected chi connectivity index (χ2v) is 7.52. The van der Waals surface area contributed by atoms with Crippen molar-refractivity contribution < 1.29 is 22.7 Å². The molecule has 7 heteroatoms. The molecule has 4 nitrogen and oxygen atoms in total. The molecule has 0 aromatic carbocycles. The van der Waals surface area contributed by atoms with E-state index in [0.29, 0.717) is 30.8 Å². The molecule has 0 spiro atoms. The number of nitrogens with one attached hydrogen (secondary N) is 1. The van der Waals surface area contributed by atoms with Crippen molar-refractivity contribution >= 4 is 6.09 Å². The van der Waals surface area contributed by atoms with E-state index < -0.39 is 17.8 Å². The van der Waals surface area contributed by atoms with Gasteiger partial charge in [-0.1, -0.05) is 6.08 Å². The minimum Gasteiger partial charge on any atom is -0.444 e. The zero-order valence-electron chi connectivity index (χ0n) is 14.5. The number of allylic oxidation sites excluding steroid dienone is 3. The Morgan fingerprint density at radius 3 is 2.62 bits per heavy atom. The van der Waals surface area contributed by atoms with Gasteiger partial charge in [-0.25, -0.2) is 4.79 Å². The number of hydrogen-bond acceptors (Lipinski definition) is 3. The number of hydrogen-bond donors (Lipinski definition) is 1. The number of rotatable bonds is 2. The van der Waals surface area contributed by atoms with Crippen LogP contribution in [0.3, 0.4) is 0 Å². The van der Waals surface area contributed by atoms with E-state index in [9.17, 15) is 18.0 Å².